The van der Waals surface area contributed by atoms with E-state index in [0.29, 0.717) is 52.9 Å². The molecule has 1 amide bonds. The topological polar surface area (TPSA) is 137 Å². The maximum absolute atomic E-state index is 13.1. The van der Waals surface area contributed by atoms with Crippen molar-refractivity contribution in [1.82, 2.24) is 19.4 Å². The number of aromatic nitrogens is 3. The van der Waals surface area contributed by atoms with E-state index in [0.717, 1.165) is 33.1 Å². The fourth-order valence-corrected chi connectivity index (χ4v) is 6.75. The number of halogens is 2. The number of nitrogens with zero attached hydrogens (tertiary/aromatic N) is 3. The number of aliphatic hydroxyl groups is 1. The second-order valence-corrected chi connectivity index (χ2v) is 12.2. The number of benzene rings is 2. The highest BCUT2D eigenvalue weighted by Gasteiger charge is 2.37. The number of carbonyl (C=O) groups is 1. The van der Waals surface area contributed by atoms with Crippen LogP contribution in [0.2, 0.25) is 10.0 Å². The van der Waals surface area contributed by atoms with Gasteiger partial charge in [0.2, 0.25) is 5.88 Å². The third-order valence-electron chi connectivity index (χ3n) is 8.57. The highest BCUT2D eigenvalue weighted by molar-refractivity contribution is 6.39. The van der Waals surface area contributed by atoms with Crippen LogP contribution in [-0.2, 0) is 25.3 Å². The van der Waals surface area contributed by atoms with Gasteiger partial charge in [0.25, 0.3) is 11.5 Å². The molecule has 0 saturated carbocycles. The second kappa shape index (κ2) is 13.0. The Morgan fingerprint density at radius 3 is 2.43 bits per heavy atom. The number of methoxy groups -OCH3 is 1. The fraction of sp³-hybridized carbons (Fsp3) is 0.333. The van der Waals surface area contributed by atoms with Gasteiger partial charge in [0, 0.05) is 68.2 Å². The molecule has 13 heteroatoms. The summed E-state index contributed by atoms with van der Waals surface area (Å²) in [6, 6.07) is 12.4. The number of amides is 1. The average Bonchev–Trinajstić information content (AvgIpc) is 3.37. The van der Waals surface area contributed by atoms with Crippen LogP contribution in [0.5, 0.6) is 5.88 Å². The van der Waals surface area contributed by atoms with Crippen LogP contribution in [0, 0.1) is 0 Å². The number of pyridine rings is 1. The molecule has 46 heavy (non-hydrogen) atoms. The third-order valence-corrected chi connectivity index (χ3v) is 9.38. The number of anilines is 1. The van der Waals surface area contributed by atoms with Crippen molar-refractivity contribution in [2.24, 2.45) is 14.1 Å². The van der Waals surface area contributed by atoms with Crippen LogP contribution in [0.3, 0.4) is 0 Å². The predicted octanol–water partition coefficient (Wildman–Crippen LogP) is 4.11. The molecule has 3 heterocycles. The number of rotatable bonds is 7. The van der Waals surface area contributed by atoms with Crippen molar-refractivity contribution in [1.29, 1.82) is 0 Å². The number of nitrogens with one attached hydrogen (secondary N) is 2. The quantitative estimate of drug-likeness (QED) is 0.268. The molecular formula is C33H33Cl2N5O6. The monoisotopic (exact) mass is 665 g/mol. The van der Waals surface area contributed by atoms with Crippen LogP contribution in [0.25, 0.3) is 22.4 Å². The zero-order valence-electron chi connectivity index (χ0n) is 25.5. The lowest BCUT2D eigenvalue weighted by molar-refractivity contribution is 0.0632. The van der Waals surface area contributed by atoms with Crippen molar-refractivity contribution >= 4 is 34.8 Å². The lowest BCUT2D eigenvalue weighted by Gasteiger charge is -2.29. The maximum atomic E-state index is 13.1. The normalized spacial score (nSPS) is 18.0. The van der Waals surface area contributed by atoms with Gasteiger partial charge in [0.15, 0.2) is 0 Å². The fourth-order valence-electron chi connectivity index (χ4n) is 6.15. The Labute approximate surface area is 274 Å². The molecule has 0 radical (unpaired) electrons. The Morgan fingerprint density at radius 1 is 1.04 bits per heavy atom. The van der Waals surface area contributed by atoms with E-state index in [1.165, 1.54) is 20.3 Å². The molecule has 4 aromatic rings. The first kappa shape index (κ1) is 32.0. The Morgan fingerprint density at radius 2 is 1.72 bits per heavy atom. The Balaban J connectivity index is 1.33. The van der Waals surface area contributed by atoms with Crippen molar-refractivity contribution in [3.8, 4) is 28.3 Å². The lowest BCUT2D eigenvalue weighted by atomic mass is 9.99. The third kappa shape index (κ3) is 5.85. The van der Waals surface area contributed by atoms with Gasteiger partial charge in [-0.3, -0.25) is 14.2 Å². The van der Waals surface area contributed by atoms with Gasteiger partial charge in [-0.15, -0.1) is 0 Å². The van der Waals surface area contributed by atoms with E-state index >= 15 is 0 Å². The van der Waals surface area contributed by atoms with E-state index in [1.54, 1.807) is 25.3 Å². The van der Waals surface area contributed by atoms with Crippen LogP contribution < -0.4 is 26.6 Å². The van der Waals surface area contributed by atoms with Crippen LogP contribution in [0.1, 0.15) is 40.4 Å². The van der Waals surface area contributed by atoms with Gasteiger partial charge in [-0.2, -0.15) is 0 Å². The van der Waals surface area contributed by atoms with E-state index in [4.69, 9.17) is 37.7 Å². The molecule has 6 rings (SSSR count). The van der Waals surface area contributed by atoms with Gasteiger partial charge in [-0.1, -0.05) is 53.5 Å². The summed E-state index contributed by atoms with van der Waals surface area (Å²) in [6.07, 6.45) is 2.73. The van der Waals surface area contributed by atoms with E-state index in [2.05, 4.69) is 10.6 Å². The number of aliphatic hydroxyl groups excluding tert-OH is 1. The van der Waals surface area contributed by atoms with Crippen LogP contribution in [0.15, 0.2) is 58.3 Å². The van der Waals surface area contributed by atoms with Crippen molar-refractivity contribution in [2.75, 3.05) is 25.6 Å². The molecule has 240 valence electrons. The SMILES string of the molecule is COc1nc(-c2cccc(-c3cccc(NC(=O)c4cn(C)c(=O)n(C)c4=O)c3Cl)c2Cl)cc2c1C(NC1CCOCC1)C(O)C2. The summed E-state index contributed by atoms with van der Waals surface area (Å²) < 4.78 is 13.3. The first-order chi connectivity index (χ1) is 22.1. The maximum Gasteiger partial charge on any atom is 0.330 e. The van der Waals surface area contributed by atoms with E-state index in [9.17, 15) is 19.5 Å². The highest BCUT2D eigenvalue weighted by Crippen LogP contribution is 2.44. The van der Waals surface area contributed by atoms with Gasteiger partial charge in [-0.05, 0) is 30.5 Å². The number of fused-ring (bicyclic) bond motifs is 1. The minimum Gasteiger partial charge on any atom is -0.481 e. The van der Waals surface area contributed by atoms with Crippen LogP contribution in [0.4, 0.5) is 5.69 Å². The molecule has 1 aliphatic carbocycles. The molecule has 2 atom stereocenters. The van der Waals surface area contributed by atoms with Crippen molar-refractivity contribution in [3.05, 3.63) is 96.2 Å². The summed E-state index contributed by atoms with van der Waals surface area (Å²) in [6.45, 7) is 1.37. The molecule has 1 saturated heterocycles. The van der Waals surface area contributed by atoms with Crippen LogP contribution in [-0.4, -0.2) is 57.6 Å². The molecule has 1 aliphatic heterocycles. The minimum absolute atomic E-state index is 0.209. The van der Waals surface area contributed by atoms with Gasteiger partial charge >= 0.3 is 5.69 Å². The van der Waals surface area contributed by atoms with Crippen molar-refractivity contribution < 1.29 is 19.4 Å². The summed E-state index contributed by atoms with van der Waals surface area (Å²) in [4.78, 5) is 42.6. The zero-order valence-corrected chi connectivity index (χ0v) is 27.0. The lowest BCUT2D eigenvalue weighted by Crippen LogP contribution is -2.40. The highest BCUT2D eigenvalue weighted by atomic mass is 35.5. The van der Waals surface area contributed by atoms with E-state index < -0.39 is 23.3 Å². The van der Waals surface area contributed by atoms with E-state index in [1.807, 2.05) is 24.3 Å². The van der Waals surface area contributed by atoms with Gasteiger partial charge < -0.3 is 29.8 Å². The summed E-state index contributed by atoms with van der Waals surface area (Å²) in [7, 11) is 4.32. The van der Waals surface area contributed by atoms with Crippen molar-refractivity contribution in [3.63, 3.8) is 0 Å². The Kier molecular flexibility index (Phi) is 9.04. The smallest absolute Gasteiger partial charge is 0.330 e. The van der Waals surface area contributed by atoms with Gasteiger partial charge in [0.1, 0.15) is 5.56 Å². The predicted molar refractivity (Wildman–Crippen MR) is 176 cm³/mol. The first-order valence-electron chi connectivity index (χ1n) is 14.8. The first-order valence-corrected chi connectivity index (χ1v) is 15.6. The summed E-state index contributed by atoms with van der Waals surface area (Å²) in [5.74, 6) is -0.293. The molecule has 2 aromatic carbocycles. The number of carbonyl (C=O) groups excluding carboxylic acids is 1. The molecule has 2 aromatic heterocycles. The summed E-state index contributed by atoms with van der Waals surface area (Å²) >= 11 is 13.8. The standard InChI is InChI=1S/C33H33Cl2N5O6/c1-39-16-22(32(43)40(2)33(39)44)30(42)37-23-9-5-7-20(28(23)35)19-6-4-8-21(27(19)34)24-14-17-15-25(41)29(26(17)31(38-24)45-3)36-18-10-12-46-13-11-18/h4-9,14,16,18,25,29,36,41H,10-13,15H2,1-3H3,(H,37,42). The molecule has 1 fully saturated rings. The molecule has 3 N–H and O–H groups in total. The second-order valence-electron chi connectivity index (χ2n) is 11.5. The zero-order chi connectivity index (χ0) is 32.7. The molecule has 0 spiro atoms. The largest absolute Gasteiger partial charge is 0.481 e. The Hall–Kier alpha value is -4.00. The molecule has 11 nitrogen and oxygen atoms in total. The van der Waals surface area contributed by atoms with Crippen LogP contribution >= 0.6 is 23.2 Å². The summed E-state index contributed by atoms with van der Waals surface area (Å²) in [5.41, 5.74) is 2.90. The Bertz CT molecular complexity index is 1950. The number of hydrogen-bond acceptors (Lipinski definition) is 8. The number of aryl methyl sites for hydroxylation is 1. The van der Waals surface area contributed by atoms with Gasteiger partial charge in [-0.25, -0.2) is 9.78 Å². The van der Waals surface area contributed by atoms with Gasteiger partial charge in [0.05, 0.1) is 40.7 Å². The minimum atomic E-state index is -0.723. The van der Waals surface area contributed by atoms with E-state index in [-0.39, 0.29) is 28.4 Å². The molecular weight excluding hydrogens is 633 g/mol. The molecule has 2 unspecified atom stereocenters. The van der Waals surface area contributed by atoms with Crippen molar-refractivity contribution in [2.45, 2.75) is 37.5 Å². The number of hydrogen-bond donors (Lipinski definition) is 3. The average molecular weight is 667 g/mol. The molecule has 2 aliphatic rings. The molecule has 0 bridgehead atoms. The summed E-state index contributed by atoms with van der Waals surface area (Å²) in [5, 5.41) is 17.9. The number of ether oxygens (including phenoxy) is 2.